The second kappa shape index (κ2) is 3.64. The summed E-state index contributed by atoms with van der Waals surface area (Å²) in [5.74, 6) is 0. The lowest BCUT2D eigenvalue weighted by molar-refractivity contribution is 0.657. The predicted octanol–water partition coefficient (Wildman–Crippen LogP) is 2.50. The van der Waals surface area contributed by atoms with Crippen LogP contribution in [-0.2, 0) is 6.54 Å². The molecule has 0 atom stereocenters. The zero-order chi connectivity index (χ0) is 9.97. The summed E-state index contributed by atoms with van der Waals surface area (Å²) in [4.78, 5) is 1.10. The van der Waals surface area contributed by atoms with Crippen LogP contribution in [0.25, 0.3) is 10.4 Å². The van der Waals surface area contributed by atoms with E-state index >= 15 is 0 Å². The molecule has 0 spiro atoms. The average Bonchev–Trinajstić information content (AvgIpc) is 2.85. The molecular formula is C10H9N3S. The van der Waals surface area contributed by atoms with Gasteiger partial charge in [-0.15, -0.1) is 11.3 Å². The summed E-state index contributed by atoms with van der Waals surface area (Å²) in [6.45, 7) is 2.80. The minimum absolute atomic E-state index is 0.509. The van der Waals surface area contributed by atoms with Crippen molar-refractivity contribution < 1.29 is 0 Å². The topological polar surface area (TPSA) is 41.6 Å². The van der Waals surface area contributed by atoms with Crippen molar-refractivity contribution in [3.8, 4) is 16.5 Å². The van der Waals surface area contributed by atoms with E-state index in [0.29, 0.717) is 5.69 Å². The maximum absolute atomic E-state index is 8.90. The minimum atomic E-state index is 0.509. The van der Waals surface area contributed by atoms with Gasteiger partial charge in [0, 0.05) is 23.2 Å². The summed E-state index contributed by atoms with van der Waals surface area (Å²) < 4.78 is 1.79. The van der Waals surface area contributed by atoms with Crippen molar-refractivity contribution in [2.24, 2.45) is 0 Å². The predicted molar refractivity (Wildman–Crippen MR) is 55.9 cm³/mol. The van der Waals surface area contributed by atoms with E-state index in [2.05, 4.69) is 11.2 Å². The first-order valence-corrected chi connectivity index (χ1v) is 5.24. The van der Waals surface area contributed by atoms with Crippen LogP contribution in [0.5, 0.6) is 0 Å². The van der Waals surface area contributed by atoms with Crippen LogP contribution in [0.4, 0.5) is 0 Å². The van der Waals surface area contributed by atoms with E-state index in [4.69, 9.17) is 5.26 Å². The third-order valence-electron chi connectivity index (χ3n) is 1.98. The monoisotopic (exact) mass is 203 g/mol. The first kappa shape index (κ1) is 8.97. The summed E-state index contributed by atoms with van der Waals surface area (Å²) in [7, 11) is 0. The highest BCUT2D eigenvalue weighted by molar-refractivity contribution is 7.13. The molecule has 0 saturated heterocycles. The van der Waals surface area contributed by atoms with Crippen LogP contribution < -0.4 is 0 Å². The van der Waals surface area contributed by atoms with E-state index in [1.165, 1.54) is 0 Å². The fourth-order valence-electron chi connectivity index (χ4n) is 1.28. The zero-order valence-corrected chi connectivity index (χ0v) is 8.58. The fraction of sp³-hybridized carbons (Fsp3) is 0.200. The third-order valence-corrected chi connectivity index (χ3v) is 2.88. The molecule has 3 nitrogen and oxygen atoms in total. The summed E-state index contributed by atoms with van der Waals surface area (Å²) >= 11 is 1.62. The van der Waals surface area contributed by atoms with Gasteiger partial charge in [0.15, 0.2) is 5.69 Å². The lowest BCUT2D eigenvalue weighted by Crippen LogP contribution is -1.93. The Labute approximate surface area is 86.2 Å². The summed E-state index contributed by atoms with van der Waals surface area (Å²) in [6, 6.07) is 6.09. The van der Waals surface area contributed by atoms with Crippen molar-refractivity contribution in [3.05, 3.63) is 29.4 Å². The molecule has 0 fully saturated rings. The van der Waals surface area contributed by atoms with Gasteiger partial charge in [0.2, 0.25) is 0 Å². The Hall–Kier alpha value is -1.60. The summed E-state index contributed by atoms with van der Waals surface area (Å²) in [6.07, 6.45) is 1.92. The Kier molecular flexibility index (Phi) is 2.33. The number of aromatic nitrogens is 2. The molecule has 2 rings (SSSR count). The Morgan fingerprint density at radius 1 is 1.64 bits per heavy atom. The van der Waals surface area contributed by atoms with Gasteiger partial charge >= 0.3 is 0 Å². The molecule has 0 saturated carbocycles. The molecule has 0 N–H and O–H groups in total. The van der Waals surface area contributed by atoms with Gasteiger partial charge in [0.25, 0.3) is 0 Å². The number of nitrogens with zero attached hydrogens (tertiary/aromatic N) is 3. The number of aryl methyl sites for hydroxylation is 1. The van der Waals surface area contributed by atoms with Crippen LogP contribution in [0.1, 0.15) is 12.6 Å². The van der Waals surface area contributed by atoms with Gasteiger partial charge < -0.3 is 0 Å². The maximum atomic E-state index is 8.90. The van der Waals surface area contributed by atoms with Crippen molar-refractivity contribution in [2.75, 3.05) is 0 Å². The summed E-state index contributed by atoms with van der Waals surface area (Å²) in [5, 5.41) is 15.1. The van der Waals surface area contributed by atoms with Crippen LogP contribution >= 0.6 is 11.3 Å². The van der Waals surface area contributed by atoms with Gasteiger partial charge in [-0.3, -0.25) is 4.68 Å². The first-order chi connectivity index (χ1) is 6.85. The van der Waals surface area contributed by atoms with E-state index in [1.54, 1.807) is 16.0 Å². The quantitative estimate of drug-likeness (QED) is 0.752. The van der Waals surface area contributed by atoms with Crippen LogP contribution in [0.15, 0.2) is 23.7 Å². The molecule has 0 bridgehead atoms. The molecule has 4 heteroatoms. The van der Waals surface area contributed by atoms with Gasteiger partial charge in [0.05, 0.1) is 0 Å². The van der Waals surface area contributed by atoms with Crippen molar-refractivity contribution in [1.82, 2.24) is 9.78 Å². The lowest BCUT2D eigenvalue weighted by Gasteiger charge is -1.90. The Balaban J connectivity index is 2.53. The van der Waals surface area contributed by atoms with Gasteiger partial charge in [0.1, 0.15) is 6.07 Å². The number of rotatable bonds is 2. The molecule has 14 heavy (non-hydrogen) atoms. The van der Waals surface area contributed by atoms with Crippen LogP contribution in [0.2, 0.25) is 0 Å². The fourth-order valence-corrected chi connectivity index (χ4v) is 2.02. The molecular weight excluding hydrogens is 194 g/mol. The molecule has 0 aliphatic carbocycles. The normalized spacial score (nSPS) is 10.0. The first-order valence-electron chi connectivity index (χ1n) is 4.36. The summed E-state index contributed by atoms with van der Waals surface area (Å²) in [5.41, 5.74) is 1.44. The van der Waals surface area contributed by atoms with E-state index in [9.17, 15) is 0 Å². The molecule has 70 valence electrons. The standard InChI is InChI=1S/C10H9N3S/c1-2-13-7-8(9(6-11)12-13)10-4-3-5-14-10/h3-5,7H,2H2,1H3. The van der Waals surface area contributed by atoms with Gasteiger partial charge in [-0.25, -0.2) is 0 Å². The second-order valence-electron chi connectivity index (χ2n) is 2.84. The molecule has 0 aliphatic heterocycles. The average molecular weight is 203 g/mol. The number of thiophene rings is 1. The SMILES string of the molecule is CCn1cc(-c2cccs2)c(C#N)n1. The molecule has 0 aromatic carbocycles. The van der Waals surface area contributed by atoms with Crippen LogP contribution in [0, 0.1) is 11.3 Å². The van der Waals surface area contributed by atoms with Crippen molar-refractivity contribution in [3.63, 3.8) is 0 Å². The molecule has 2 aromatic rings. The minimum Gasteiger partial charge on any atom is -0.271 e. The van der Waals surface area contributed by atoms with Crippen LogP contribution in [0.3, 0.4) is 0 Å². The maximum Gasteiger partial charge on any atom is 0.171 e. The van der Waals surface area contributed by atoms with Crippen molar-refractivity contribution >= 4 is 11.3 Å². The smallest absolute Gasteiger partial charge is 0.171 e. The largest absolute Gasteiger partial charge is 0.271 e. The van der Waals surface area contributed by atoms with E-state index in [-0.39, 0.29) is 0 Å². The Bertz CT molecular complexity index is 462. The molecule has 0 unspecified atom stereocenters. The third kappa shape index (κ3) is 1.42. The van der Waals surface area contributed by atoms with Crippen LogP contribution in [-0.4, -0.2) is 9.78 Å². The molecule has 2 aromatic heterocycles. The highest BCUT2D eigenvalue weighted by Crippen LogP contribution is 2.26. The second-order valence-corrected chi connectivity index (χ2v) is 3.78. The Morgan fingerprint density at radius 3 is 3.07 bits per heavy atom. The molecule has 0 aliphatic rings. The van der Waals surface area contributed by atoms with Gasteiger partial charge in [-0.2, -0.15) is 10.4 Å². The van der Waals surface area contributed by atoms with E-state index < -0.39 is 0 Å². The van der Waals surface area contributed by atoms with E-state index in [0.717, 1.165) is 17.0 Å². The molecule has 0 radical (unpaired) electrons. The molecule has 2 heterocycles. The highest BCUT2D eigenvalue weighted by Gasteiger charge is 2.10. The lowest BCUT2D eigenvalue weighted by atomic mass is 10.2. The molecule has 0 amide bonds. The number of nitriles is 1. The van der Waals surface area contributed by atoms with Crippen molar-refractivity contribution in [1.29, 1.82) is 5.26 Å². The van der Waals surface area contributed by atoms with Gasteiger partial charge in [-0.1, -0.05) is 6.07 Å². The number of hydrogen-bond acceptors (Lipinski definition) is 3. The Morgan fingerprint density at radius 2 is 2.50 bits per heavy atom. The highest BCUT2D eigenvalue weighted by atomic mass is 32.1. The number of hydrogen-bond donors (Lipinski definition) is 0. The van der Waals surface area contributed by atoms with Gasteiger partial charge in [-0.05, 0) is 18.4 Å². The van der Waals surface area contributed by atoms with E-state index in [1.807, 2.05) is 30.6 Å². The zero-order valence-electron chi connectivity index (χ0n) is 7.77. The van der Waals surface area contributed by atoms with Crippen molar-refractivity contribution in [2.45, 2.75) is 13.5 Å².